The number of carbonyl (C=O) groups is 3. The maximum absolute atomic E-state index is 14.7. The number of piperazine rings is 1. The molecule has 1 aliphatic carbocycles. The molecule has 41 heavy (non-hydrogen) atoms. The first kappa shape index (κ1) is 27.8. The van der Waals surface area contributed by atoms with Crippen LogP contribution < -0.4 is 5.32 Å². The van der Waals surface area contributed by atoms with Crippen LogP contribution >= 0.6 is 11.3 Å². The molecule has 4 atom stereocenters. The largest absolute Gasteiger partial charge is 0.338 e. The van der Waals surface area contributed by atoms with Gasteiger partial charge in [-0.2, -0.15) is 0 Å². The van der Waals surface area contributed by atoms with Crippen molar-refractivity contribution in [1.29, 1.82) is 0 Å². The number of thiophene rings is 1. The molecule has 3 aliphatic rings. The number of Topliss-reactive ketones (excluding diaryl/α,β-unsaturated/α-hetero) is 1. The average molecular weight is 574 g/mol. The van der Waals surface area contributed by atoms with Gasteiger partial charge in [-0.1, -0.05) is 42.3 Å². The van der Waals surface area contributed by atoms with Gasteiger partial charge in [-0.3, -0.25) is 14.4 Å². The zero-order valence-corrected chi connectivity index (χ0v) is 24.3. The van der Waals surface area contributed by atoms with Crippen LogP contribution in [0.15, 0.2) is 60.0 Å². The maximum atomic E-state index is 14.7. The molecule has 3 aromatic rings. The van der Waals surface area contributed by atoms with Gasteiger partial charge in [0.05, 0.1) is 12.0 Å². The number of carbonyl (C=O) groups excluding carboxylic acids is 3. The molecule has 2 aromatic carbocycles. The summed E-state index contributed by atoms with van der Waals surface area (Å²) in [7, 11) is 0. The molecular formula is C33H36FN3O3S. The molecular weight excluding hydrogens is 537 g/mol. The minimum absolute atomic E-state index is 0.0470. The van der Waals surface area contributed by atoms with Crippen LogP contribution in [-0.4, -0.2) is 59.6 Å². The van der Waals surface area contributed by atoms with E-state index >= 15 is 0 Å². The van der Waals surface area contributed by atoms with Gasteiger partial charge in [0, 0.05) is 48.5 Å². The van der Waals surface area contributed by atoms with E-state index in [1.807, 2.05) is 54.5 Å². The van der Waals surface area contributed by atoms with Crippen LogP contribution in [-0.2, 0) is 9.59 Å². The standard InChI is InChI=1S/C33H36FN3O3S/c1-20-5-3-8-24(19-20)30(38)27-26(22-9-11-25(34)12-10-22)29(33(40)36-16-14-35-15-17-36)37(32(39)23-6-4-7-23)28(27)31-21(2)13-18-41-31/h3,5,8-13,18-19,23,26-29,35H,4,6-7,14-17H2,1-2H3. The van der Waals surface area contributed by atoms with Crippen LogP contribution in [0.25, 0.3) is 0 Å². The summed E-state index contributed by atoms with van der Waals surface area (Å²) in [4.78, 5) is 48.2. The highest BCUT2D eigenvalue weighted by molar-refractivity contribution is 7.10. The first-order chi connectivity index (χ1) is 19.8. The molecule has 0 bridgehead atoms. The van der Waals surface area contributed by atoms with Crippen molar-refractivity contribution in [2.24, 2.45) is 11.8 Å². The molecule has 3 fully saturated rings. The van der Waals surface area contributed by atoms with Crippen LogP contribution in [0.2, 0.25) is 0 Å². The molecule has 0 radical (unpaired) electrons. The second-order valence-corrected chi connectivity index (χ2v) is 12.6. The smallest absolute Gasteiger partial charge is 0.246 e. The Morgan fingerprint density at radius 2 is 1.68 bits per heavy atom. The molecule has 2 amide bonds. The van der Waals surface area contributed by atoms with Crippen LogP contribution in [0.4, 0.5) is 4.39 Å². The Bertz CT molecular complexity index is 1440. The van der Waals surface area contributed by atoms with Crippen molar-refractivity contribution in [2.75, 3.05) is 26.2 Å². The lowest BCUT2D eigenvalue weighted by atomic mass is 9.76. The summed E-state index contributed by atoms with van der Waals surface area (Å²) >= 11 is 1.53. The van der Waals surface area contributed by atoms with E-state index in [1.54, 1.807) is 17.0 Å². The fraction of sp³-hybridized carbons (Fsp3) is 0.424. The lowest BCUT2D eigenvalue weighted by molar-refractivity contribution is -0.150. The minimum Gasteiger partial charge on any atom is -0.338 e. The van der Waals surface area contributed by atoms with Gasteiger partial charge >= 0.3 is 0 Å². The minimum atomic E-state index is -0.864. The molecule has 2 aliphatic heterocycles. The van der Waals surface area contributed by atoms with Gasteiger partial charge in [-0.25, -0.2) is 4.39 Å². The van der Waals surface area contributed by atoms with Gasteiger partial charge in [0.2, 0.25) is 11.8 Å². The predicted molar refractivity (Wildman–Crippen MR) is 157 cm³/mol. The highest BCUT2D eigenvalue weighted by Gasteiger charge is 2.59. The molecule has 6 nitrogen and oxygen atoms in total. The third kappa shape index (κ3) is 5.12. The van der Waals surface area contributed by atoms with E-state index in [2.05, 4.69) is 5.32 Å². The lowest BCUT2D eigenvalue weighted by Crippen LogP contribution is -2.56. The van der Waals surface area contributed by atoms with Gasteiger partial charge in [0.25, 0.3) is 0 Å². The number of hydrogen-bond donors (Lipinski definition) is 1. The summed E-state index contributed by atoms with van der Waals surface area (Å²) in [6, 6.07) is 14.2. The number of benzene rings is 2. The summed E-state index contributed by atoms with van der Waals surface area (Å²) in [5.74, 6) is -2.14. The van der Waals surface area contributed by atoms with Gasteiger partial charge in [0.1, 0.15) is 11.9 Å². The number of amides is 2. The van der Waals surface area contributed by atoms with Crippen LogP contribution in [0.1, 0.15) is 63.1 Å². The maximum Gasteiger partial charge on any atom is 0.246 e. The summed E-state index contributed by atoms with van der Waals surface area (Å²) in [6.45, 7) is 6.38. The number of rotatable bonds is 6. The molecule has 1 saturated carbocycles. The zero-order valence-electron chi connectivity index (χ0n) is 23.5. The normalized spacial score (nSPS) is 24.8. The van der Waals surface area contributed by atoms with Gasteiger partial charge < -0.3 is 15.1 Å². The molecule has 2 saturated heterocycles. The highest BCUT2D eigenvalue weighted by atomic mass is 32.1. The van der Waals surface area contributed by atoms with Crippen molar-refractivity contribution in [3.05, 3.63) is 92.9 Å². The van der Waals surface area contributed by atoms with Gasteiger partial charge in [-0.15, -0.1) is 11.3 Å². The van der Waals surface area contributed by atoms with Crippen molar-refractivity contribution in [2.45, 2.75) is 51.1 Å². The Balaban J connectivity index is 1.58. The summed E-state index contributed by atoms with van der Waals surface area (Å²) in [5.41, 5.74) is 3.23. The monoisotopic (exact) mass is 573 g/mol. The van der Waals surface area contributed by atoms with Crippen molar-refractivity contribution >= 4 is 28.9 Å². The Kier molecular flexibility index (Phi) is 7.79. The molecule has 3 heterocycles. The van der Waals surface area contributed by atoms with E-state index in [0.717, 1.165) is 35.3 Å². The molecule has 0 spiro atoms. The van der Waals surface area contributed by atoms with E-state index in [4.69, 9.17) is 0 Å². The first-order valence-electron chi connectivity index (χ1n) is 14.6. The summed E-state index contributed by atoms with van der Waals surface area (Å²) in [6.07, 6.45) is 2.56. The Morgan fingerprint density at radius 1 is 0.951 bits per heavy atom. The molecule has 1 aromatic heterocycles. The number of nitrogens with zero attached hydrogens (tertiary/aromatic N) is 2. The number of hydrogen-bond acceptors (Lipinski definition) is 5. The van der Waals surface area contributed by atoms with Crippen LogP contribution in [0.3, 0.4) is 0 Å². The van der Waals surface area contributed by atoms with Crippen molar-refractivity contribution in [3.8, 4) is 0 Å². The van der Waals surface area contributed by atoms with Gasteiger partial charge in [-0.05, 0) is 67.5 Å². The van der Waals surface area contributed by atoms with Crippen LogP contribution in [0, 0.1) is 31.5 Å². The third-order valence-corrected chi connectivity index (χ3v) is 10.2. The lowest BCUT2D eigenvalue weighted by Gasteiger charge is -2.39. The van der Waals surface area contributed by atoms with Gasteiger partial charge in [0.15, 0.2) is 5.78 Å². The Labute approximate surface area is 244 Å². The summed E-state index contributed by atoms with van der Waals surface area (Å²) < 4.78 is 14.2. The quantitative estimate of drug-likeness (QED) is 0.408. The Morgan fingerprint density at radius 3 is 2.29 bits per heavy atom. The number of aryl methyl sites for hydroxylation is 2. The summed E-state index contributed by atoms with van der Waals surface area (Å²) in [5, 5.41) is 5.29. The molecule has 1 N–H and O–H groups in total. The van der Waals surface area contributed by atoms with Crippen molar-refractivity contribution in [1.82, 2.24) is 15.1 Å². The van der Waals surface area contributed by atoms with Crippen molar-refractivity contribution in [3.63, 3.8) is 0 Å². The van der Waals surface area contributed by atoms with Crippen molar-refractivity contribution < 1.29 is 18.8 Å². The predicted octanol–water partition coefficient (Wildman–Crippen LogP) is 5.27. The molecule has 214 valence electrons. The number of likely N-dealkylation sites (tertiary alicyclic amines) is 1. The van der Waals surface area contributed by atoms with E-state index in [0.29, 0.717) is 37.3 Å². The van der Waals surface area contributed by atoms with E-state index < -0.39 is 23.9 Å². The van der Waals surface area contributed by atoms with E-state index in [9.17, 15) is 18.8 Å². The molecule has 8 heteroatoms. The number of halogens is 1. The topological polar surface area (TPSA) is 69.7 Å². The van der Waals surface area contributed by atoms with E-state index in [-0.39, 0.29) is 29.3 Å². The fourth-order valence-electron chi connectivity index (χ4n) is 6.75. The first-order valence-corrected chi connectivity index (χ1v) is 15.4. The fourth-order valence-corrected chi connectivity index (χ4v) is 7.82. The van der Waals surface area contributed by atoms with Crippen LogP contribution in [0.5, 0.6) is 0 Å². The Hall–Kier alpha value is -3.36. The van der Waals surface area contributed by atoms with E-state index in [1.165, 1.54) is 23.5 Å². The molecule has 6 rings (SSSR count). The third-order valence-electron chi connectivity index (χ3n) is 9.09. The number of ketones is 1. The zero-order chi connectivity index (χ0) is 28.7. The average Bonchev–Trinajstić information content (AvgIpc) is 3.53. The molecule has 4 unspecified atom stereocenters. The highest BCUT2D eigenvalue weighted by Crippen LogP contribution is 2.54. The second-order valence-electron chi connectivity index (χ2n) is 11.6. The number of nitrogens with one attached hydrogen (secondary N) is 1. The second kappa shape index (κ2) is 11.5. The SMILES string of the molecule is Cc1cccc(C(=O)C2C(c3ccc(F)cc3)C(C(=O)N3CCNCC3)N(C(=O)C3CCC3)C2c2sccc2C)c1.